The summed E-state index contributed by atoms with van der Waals surface area (Å²) in [7, 11) is 0. The maximum absolute atomic E-state index is 13.8. The number of hydrogen-bond donors (Lipinski definition) is 2. The third kappa shape index (κ3) is 3.06. The first-order chi connectivity index (χ1) is 8.97. The molecule has 3 N–H and O–H groups in total. The summed E-state index contributed by atoms with van der Waals surface area (Å²) >= 11 is 4.78. The number of nitrogens with one attached hydrogen (secondary N) is 1. The van der Waals surface area contributed by atoms with Crippen LogP contribution in [-0.4, -0.2) is 4.99 Å². The molecule has 2 rings (SSSR count). The summed E-state index contributed by atoms with van der Waals surface area (Å²) in [4.78, 5) is 0.142. The highest BCUT2D eigenvalue weighted by Crippen LogP contribution is 2.22. The van der Waals surface area contributed by atoms with Crippen LogP contribution in [0.3, 0.4) is 0 Å². The molecule has 0 heterocycles. The first-order valence-electron chi connectivity index (χ1n) is 5.60. The van der Waals surface area contributed by atoms with Crippen LogP contribution in [0.1, 0.15) is 11.1 Å². The summed E-state index contributed by atoms with van der Waals surface area (Å²) < 4.78 is 27.0. The fourth-order valence-electron chi connectivity index (χ4n) is 1.65. The largest absolute Gasteiger partial charge is 0.389 e. The van der Waals surface area contributed by atoms with Crippen LogP contribution < -0.4 is 11.1 Å². The number of rotatable bonds is 3. The molecule has 0 amide bonds. The van der Waals surface area contributed by atoms with E-state index in [2.05, 4.69) is 5.32 Å². The Morgan fingerprint density at radius 3 is 2.42 bits per heavy atom. The molecule has 0 aliphatic carbocycles. The molecule has 0 aliphatic rings. The average Bonchev–Trinajstić information content (AvgIpc) is 2.36. The number of benzene rings is 2. The van der Waals surface area contributed by atoms with Crippen molar-refractivity contribution in [2.45, 2.75) is 6.92 Å². The van der Waals surface area contributed by atoms with Crippen LogP contribution in [0.5, 0.6) is 0 Å². The predicted octanol–water partition coefficient (Wildman–Crippen LogP) is 3.65. The molecule has 0 unspecified atom stereocenters. The van der Waals surface area contributed by atoms with Gasteiger partial charge in [-0.2, -0.15) is 0 Å². The van der Waals surface area contributed by atoms with Gasteiger partial charge >= 0.3 is 0 Å². The Morgan fingerprint density at radius 2 is 1.84 bits per heavy atom. The zero-order chi connectivity index (χ0) is 14.0. The van der Waals surface area contributed by atoms with E-state index in [1.54, 1.807) is 31.2 Å². The van der Waals surface area contributed by atoms with Crippen molar-refractivity contribution in [2.24, 2.45) is 5.73 Å². The minimum atomic E-state index is -0.465. The molecule has 0 saturated heterocycles. The molecule has 0 saturated carbocycles. The van der Waals surface area contributed by atoms with Gasteiger partial charge in [-0.3, -0.25) is 0 Å². The second-order valence-corrected chi connectivity index (χ2v) is 4.59. The molecule has 0 bridgehead atoms. The number of anilines is 2. The minimum absolute atomic E-state index is 0.142. The zero-order valence-corrected chi connectivity index (χ0v) is 11.0. The van der Waals surface area contributed by atoms with Crippen molar-refractivity contribution in [3.8, 4) is 0 Å². The van der Waals surface area contributed by atoms with Gasteiger partial charge in [0.1, 0.15) is 16.6 Å². The van der Waals surface area contributed by atoms with E-state index >= 15 is 0 Å². The predicted molar refractivity (Wildman–Crippen MR) is 76.7 cm³/mol. The molecule has 2 nitrogen and oxygen atoms in total. The van der Waals surface area contributed by atoms with E-state index in [9.17, 15) is 8.78 Å². The van der Waals surface area contributed by atoms with Crippen LogP contribution in [0, 0.1) is 18.6 Å². The molecule has 2 aromatic carbocycles. The molecular weight excluding hydrogens is 266 g/mol. The van der Waals surface area contributed by atoms with E-state index in [1.807, 2.05) is 0 Å². The quantitative estimate of drug-likeness (QED) is 0.842. The molecule has 0 spiro atoms. The van der Waals surface area contributed by atoms with Crippen molar-refractivity contribution in [2.75, 3.05) is 5.32 Å². The Kier molecular flexibility index (Phi) is 3.76. The zero-order valence-electron chi connectivity index (χ0n) is 10.2. The molecule has 2 aromatic rings. The van der Waals surface area contributed by atoms with E-state index in [4.69, 9.17) is 18.0 Å². The van der Waals surface area contributed by atoms with E-state index < -0.39 is 5.82 Å². The summed E-state index contributed by atoms with van der Waals surface area (Å²) in [5, 5.41) is 2.88. The van der Waals surface area contributed by atoms with Crippen LogP contribution in [-0.2, 0) is 0 Å². The summed E-state index contributed by atoms with van der Waals surface area (Å²) in [6.45, 7) is 1.65. The number of thiocarbonyl (C=S) groups is 1. The summed E-state index contributed by atoms with van der Waals surface area (Å²) in [5.74, 6) is -0.762. The molecule has 0 aromatic heterocycles. The lowest BCUT2D eigenvalue weighted by atomic mass is 10.1. The monoisotopic (exact) mass is 278 g/mol. The number of aryl methyl sites for hydroxylation is 1. The van der Waals surface area contributed by atoms with Gasteiger partial charge < -0.3 is 11.1 Å². The molecule has 5 heteroatoms. The lowest BCUT2D eigenvalue weighted by molar-refractivity contribution is 0.618. The Bertz CT molecular complexity index is 641. The third-order valence-corrected chi connectivity index (χ3v) is 2.93. The highest BCUT2D eigenvalue weighted by molar-refractivity contribution is 7.80. The normalized spacial score (nSPS) is 10.3. The smallest absolute Gasteiger partial charge is 0.147 e. The molecule has 0 fully saturated rings. The fraction of sp³-hybridized carbons (Fsp3) is 0.0714. The molecule has 0 atom stereocenters. The highest BCUT2D eigenvalue weighted by Gasteiger charge is 2.06. The van der Waals surface area contributed by atoms with Gasteiger partial charge in [0.25, 0.3) is 0 Å². The van der Waals surface area contributed by atoms with Gasteiger partial charge in [-0.1, -0.05) is 12.2 Å². The standard InChI is InChI=1S/C14H12F2N2S/c1-8-6-10(3-4-11(8)15)18-13-5-2-9(14(17)19)7-12(13)16/h2-7,18H,1H3,(H2,17,19). The Balaban J connectivity index is 2.28. The third-order valence-electron chi connectivity index (χ3n) is 2.69. The van der Waals surface area contributed by atoms with Gasteiger partial charge in [-0.05, 0) is 48.9 Å². The molecule has 0 radical (unpaired) electrons. The van der Waals surface area contributed by atoms with Gasteiger partial charge in [0, 0.05) is 11.3 Å². The van der Waals surface area contributed by atoms with Gasteiger partial charge in [0.2, 0.25) is 0 Å². The Morgan fingerprint density at radius 1 is 1.11 bits per heavy atom. The van der Waals surface area contributed by atoms with E-state index in [0.29, 0.717) is 16.8 Å². The van der Waals surface area contributed by atoms with Crippen LogP contribution in [0.15, 0.2) is 36.4 Å². The van der Waals surface area contributed by atoms with Crippen LogP contribution in [0.2, 0.25) is 0 Å². The van der Waals surface area contributed by atoms with Gasteiger partial charge in [0.05, 0.1) is 5.69 Å². The Labute approximate surface area is 115 Å². The van der Waals surface area contributed by atoms with Crippen molar-refractivity contribution < 1.29 is 8.78 Å². The fourth-order valence-corrected chi connectivity index (χ4v) is 1.77. The number of hydrogen-bond acceptors (Lipinski definition) is 2. The van der Waals surface area contributed by atoms with Gasteiger partial charge in [-0.15, -0.1) is 0 Å². The van der Waals surface area contributed by atoms with Crippen LogP contribution in [0.4, 0.5) is 20.2 Å². The summed E-state index contributed by atoms with van der Waals surface area (Å²) in [6.07, 6.45) is 0. The van der Waals surface area contributed by atoms with Crippen molar-refractivity contribution in [3.05, 3.63) is 59.2 Å². The molecule has 98 valence electrons. The van der Waals surface area contributed by atoms with Gasteiger partial charge in [0.15, 0.2) is 0 Å². The maximum Gasteiger partial charge on any atom is 0.147 e. The van der Waals surface area contributed by atoms with Crippen LogP contribution >= 0.6 is 12.2 Å². The van der Waals surface area contributed by atoms with Crippen molar-refractivity contribution in [1.29, 1.82) is 0 Å². The lowest BCUT2D eigenvalue weighted by Gasteiger charge is -2.09. The van der Waals surface area contributed by atoms with Crippen LogP contribution in [0.25, 0.3) is 0 Å². The van der Waals surface area contributed by atoms with E-state index in [-0.39, 0.29) is 16.5 Å². The Hall–Kier alpha value is -2.01. The summed E-state index contributed by atoms with van der Waals surface area (Å²) in [5.41, 5.74) is 7.28. The SMILES string of the molecule is Cc1cc(Nc2ccc(C(N)=S)cc2F)ccc1F. The van der Waals surface area contributed by atoms with E-state index in [1.165, 1.54) is 12.1 Å². The van der Waals surface area contributed by atoms with E-state index in [0.717, 1.165) is 0 Å². The maximum atomic E-state index is 13.8. The van der Waals surface area contributed by atoms with Crippen molar-refractivity contribution in [3.63, 3.8) is 0 Å². The molecule has 0 aliphatic heterocycles. The topological polar surface area (TPSA) is 38.0 Å². The minimum Gasteiger partial charge on any atom is -0.389 e. The average molecular weight is 278 g/mol. The first kappa shape index (κ1) is 13.4. The second-order valence-electron chi connectivity index (χ2n) is 4.15. The molecule has 19 heavy (non-hydrogen) atoms. The highest BCUT2D eigenvalue weighted by atomic mass is 32.1. The number of nitrogens with two attached hydrogens (primary N) is 1. The summed E-state index contributed by atoms with van der Waals surface area (Å²) in [6, 6.07) is 8.92. The first-order valence-corrected chi connectivity index (χ1v) is 6.01. The second kappa shape index (κ2) is 5.32. The molecular formula is C14H12F2N2S. The van der Waals surface area contributed by atoms with Gasteiger partial charge in [-0.25, -0.2) is 8.78 Å². The number of halogens is 2. The van der Waals surface area contributed by atoms with Crippen molar-refractivity contribution in [1.82, 2.24) is 0 Å². The lowest BCUT2D eigenvalue weighted by Crippen LogP contribution is -2.09. The van der Waals surface area contributed by atoms with Crippen molar-refractivity contribution >= 4 is 28.6 Å².